The van der Waals surface area contributed by atoms with Crippen LogP contribution in [0.1, 0.15) is 0 Å². The van der Waals surface area contributed by atoms with E-state index in [4.69, 9.17) is 27.9 Å². The molecule has 0 N–H and O–H groups in total. The summed E-state index contributed by atoms with van der Waals surface area (Å²) in [4.78, 5) is 13.3. The Hall–Kier alpha value is -1.71. The number of nitrogens with zero attached hydrogens (tertiary/aromatic N) is 1. The van der Waals surface area contributed by atoms with Crippen molar-refractivity contribution in [2.24, 2.45) is 0 Å². The Morgan fingerprint density at radius 2 is 1.68 bits per heavy atom. The quantitative estimate of drug-likeness (QED) is 0.614. The SMILES string of the molecule is O=C(Oc1ccc(Cl)cc1)N(CCl)c1ccccc1. The molecule has 0 aromatic heterocycles. The van der Waals surface area contributed by atoms with E-state index in [1.807, 2.05) is 18.2 Å². The molecule has 2 aromatic carbocycles. The van der Waals surface area contributed by atoms with Gasteiger partial charge in [-0.05, 0) is 36.4 Å². The van der Waals surface area contributed by atoms with Crippen LogP contribution in [0.15, 0.2) is 54.6 Å². The number of carbonyl (C=O) groups is 1. The van der Waals surface area contributed by atoms with Gasteiger partial charge in [0.25, 0.3) is 0 Å². The van der Waals surface area contributed by atoms with Crippen molar-refractivity contribution in [2.75, 3.05) is 10.9 Å². The number of carbonyl (C=O) groups excluding carboxylic acids is 1. The van der Waals surface area contributed by atoms with E-state index in [1.54, 1.807) is 36.4 Å². The molecule has 0 fully saturated rings. The topological polar surface area (TPSA) is 29.5 Å². The number of para-hydroxylation sites is 1. The molecular formula is C14H11Cl2NO2. The van der Waals surface area contributed by atoms with E-state index in [9.17, 15) is 4.79 Å². The van der Waals surface area contributed by atoms with Crippen molar-refractivity contribution < 1.29 is 9.53 Å². The zero-order valence-electron chi connectivity index (χ0n) is 9.92. The molecule has 0 bridgehead atoms. The van der Waals surface area contributed by atoms with Gasteiger partial charge in [-0.1, -0.05) is 29.8 Å². The van der Waals surface area contributed by atoms with Crippen LogP contribution in [0.3, 0.4) is 0 Å². The summed E-state index contributed by atoms with van der Waals surface area (Å²) in [5.41, 5.74) is 0.677. The Morgan fingerprint density at radius 1 is 1.05 bits per heavy atom. The summed E-state index contributed by atoms with van der Waals surface area (Å²) in [5, 5.41) is 0.581. The van der Waals surface area contributed by atoms with Crippen LogP contribution >= 0.6 is 23.2 Å². The summed E-state index contributed by atoms with van der Waals surface area (Å²) in [7, 11) is 0. The van der Waals surface area contributed by atoms with Crippen molar-refractivity contribution in [1.82, 2.24) is 0 Å². The average Bonchev–Trinajstić information content (AvgIpc) is 2.43. The van der Waals surface area contributed by atoms with E-state index in [0.29, 0.717) is 16.5 Å². The summed E-state index contributed by atoms with van der Waals surface area (Å²) >= 11 is 11.6. The van der Waals surface area contributed by atoms with Crippen LogP contribution in [0.2, 0.25) is 5.02 Å². The molecule has 0 aliphatic rings. The minimum atomic E-state index is -0.538. The third kappa shape index (κ3) is 3.63. The zero-order chi connectivity index (χ0) is 13.7. The van der Waals surface area contributed by atoms with E-state index in [0.717, 1.165) is 0 Å². The maximum absolute atomic E-state index is 12.0. The van der Waals surface area contributed by atoms with Crippen LogP contribution in [0.25, 0.3) is 0 Å². The Balaban J connectivity index is 2.11. The van der Waals surface area contributed by atoms with Crippen LogP contribution in [-0.2, 0) is 0 Å². The number of hydrogen-bond acceptors (Lipinski definition) is 2. The second-order valence-corrected chi connectivity index (χ2v) is 4.38. The molecule has 0 saturated carbocycles. The van der Waals surface area contributed by atoms with Gasteiger partial charge in [0.2, 0.25) is 0 Å². The fraction of sp³-hybridized carbons (Fsp3) is 0.0714. The summed E-state index contributed by atoms with van der Waals surface area (Å²) in [5.74, 6) is 0.417. The van der Waals surface area contributed by atoms with Crippen molar-refractivity contribution in [3.05, 3.63) is 59.6 Å². The van der Waals surface area contributed by atoms with Gasteiger partial charge in [-0.3, -0.25) is 4.90 Å². The van der Waals surface area contributed by atoms with Crippen molar-refractivity contribution in [1.29, 1.82) is 0 Å². The second kappa shape index (κ2) is 6.45. The van der Waals surface area contributed by atoms with Crippen LogP contribution in [0.5, 0.6) is 5.75 Å². The second-order valence-electron chi connectivity index (χ2n) is 3.70. The Bertz CT molecular complexity index is 543. The molecule has 2 rings (SSSR count). The number of amides is 1. The highest BCUT2D eigenvalue weighted by molar-refractivity contribution is 6.30. The smallest absolute Gasteiger partial charge is 0.410 e. The summed E-state index contributed by atoms with van der Waals surface area (Å²) in [6, 6.07) is 15.6. The van der Waals surface area contributed by atoms with Crippen molar-refractivity contribution in [2.45, 2.75) is 0 Å². The molecule has 5 heteroatoms. The highest BCUT2D eigenvalue weighted by Gasteiger charge is 2.16. The minimum Gasteiger partial charge on any atom is -0.410 e. The van der Waals surface area contributed by atoms with Crippen LogP contribution in [0.4, 0.5) is 10.5 Å². The largest absolute Gasteiger partial charge is 0.420 e. The standard InChI is InChI=1S/C14H11Cl2NO2/c15-10-17(12-4-2-1-3-5-12)14(18)19-13-8-6-11(16)7-9-13/h1-9H,10H2. The molecule has 0 aliphatic carbocycles. The Labute approximate surface area is 121 Å². The lowest BCUT2D eigenvalue weighted by atomic mass is 10.3. The molecule has 0 unspecified atom stereocenters. The number of hydrogen-bond donors (Lipinski definition) is 0. The van der Waals surface area contributed by atoms with E-state index in [1.165, 1.54) is 4.90 Å². The number of rotatable bonds is 3. The normalized spacial score (nSPS) is 10.0. The monoisotopic (exact) mass is 295 g/mol. The van der Waals surface area contributed by atoms with Gasteiger partial charge in [0.1, 0.15) is 11.8 Å². The maximum atomic E-state index is 12.0. The molecule has 3 nitrogen and oxygen atoms in total. The highest BCUT2D eigenvalue weighted by Crippen LogP contribution is 2.19. The summed E-state index contributed by atoms with van der Waals surface area (Å²) in [6.45, 7) is 0. The van der Waals surface area contributed by atoms with Crippen molar-refractivity contribution in [3.8, 4) is 5.75 Å². The molecule has 0 radical (unpaired) electrons. The highest BCUT2D eigenvalue weighted by atomic mass is 35.5. The van der Waals surface area contributed by atoms with Gasteiger partial charge in [-0.15, -0.1) is 11.6 Å². The number of benzene rings is 2. The molecule has 0 spiro atoms. The van der Waals surface area contributed by atoms with Crippen molar-refractivity contribution >= 4 is 35.0 Å². The molecule has 0 heterocycles. The van der Waals surface area contributed by atoms with Gasteiger partial charge < -0.3 is 4.74 Å². The molecule has 0 aliphatic heterocycles. The van der Waals surface area contributed by atoms with Gasteiger partial charge in [0.05, 0.1) is 0 Å². The lowest BCUT2D eigenvalue weighted by Gasteiger charge is -2.19. The molecule has 0 atom stereocenters. The summed E-state index contributed by atoms with van der Waals surface area (Å²) in [6.07, 6.45) is -0.538. The fourth-order valence-electron chi connectivity index (χ4n) is 1.49. The Morgan fingerprint density at radius 3 is 2.26 bits per heavy atom. The minimum absolute atomic E-state index is 0.0104. The molecule has 1 amide bonds. The predicted octanol–water partition coefficient (Wildman–Crippen LogP) is 4.54. The lowest BCUT2D eigenvalue weighted by molar-refractivity contribution is 0.208. The molecule has 0 saturated heterocycles. The molecule has 2 aromatic rings. The molecule has 19 heavy (non-hydrogen) atoms. The Kier molecular flexibility index (Phi) is 4.66. The van der Waals surface area contributed by atoms with E-state index >= 15 is 0 Å². The maximum Gasteiger partial charge on any atom is 0.420 e. The first-order valence-corrected chi connectivity index (χ1v) is 6.48. The fourth-order valence-corrected chi connectivity index (χ4v) is 1.85. The number of ether oxygens (including phenoxy) is 1. The first kappa shape index (κ1) is 13.7. The van der Waals surface area contributed by atoms with Gasteiger partial charge in [-0.25, -0.2) is 4.79 Å². The summed E-state index contributed by atoms with van der Waals surface area (Å²) < 4.78 is 5.22. The average molecular weight is 296 g/mol. The zero-order valence-corrected chi connectivity index (χ0v) is 11.4. The first-order valence-electron chi connectivity index (χ1n) is 5.56. The third-order valence-corrected chi connectivity index (χ3v) is 2.92. The first-order chi connectivity index (χ1) is 9.20. The van der Waals surface area contributed by atoms with Crippen molar-refractivity contribution in [3.63, 3.8) is 0 Å². The van der Waals surface area contributed by atoms with E-state index in [2.05, 4.69) is 0 Å². The number of alkyl halides is 1. The molecule has 98 valence electrons. The number of halogens is 2. The van der Waals surface area contributed by atoms with E-state index < -0.39 is 6.09 Å². The number of anilines is 1. The van der Waals surface area contributed by atoms with E-state index in [-0.39, 0.29) is 6.00 Å². The van der Waals surface area contributed by atoms with Crippen LogP contribution < -0.4 is 9.64 Å². The third-order valence-electron chi connectivity index (χ3n) is 2.43. The predicted molar refractivity (Wildman–Crippen MR) is 77.1 cm³/mol. The van der Waals surface area contributed by atoms with Gasteiger partial charge in [0.15, 0.2) is 0 Å². The lowest BCUT2D eigenvalue weighted by Crippen LogP contribution is -2.32. The van der Waals surface area contributed by atoms with Gasteiger partial charge in [-0.2, -0.15) is 0 Å². The van der Waals surface area contributed by atoms with Crippen LogP contribution in [-0.4, -0.2) is 12.1 Å². The molecular weight excluding hydrogens is 285 g/mol. The van der Waals surface area contributed by atoms with Gasteiger partial charge >= 0.3 is 6.09 Å². The van der Waals surface area contributed by atoms with Gasteiger partial charge in [0, 0.05) is 10.7 Å². The van der Waals surface area contributed by atoms with Crippen LogP contribution in [0, 0.1) is 0 Å².